The first-order chi connectivity index (χ1) is 39.0. The van der Waals surface area contributed by atoms with Crippen molar-refractivity contribution in [3.63, 3.8) is 0 Å². The van der Waals surface area contributed by atoms with Crippen LogP contribution in [0.25, 0.3) is 0 Å². The van der Waals surface area contributed by atoms with Crippen LogP contribution < -0.4 is 42.5 Å². The number of nitrogens with zero attached hydrogens (tertiary/aromatic N) is 2. The van der Waals surface area contributed by atoms with Gasteiger partial charge in [0.1, 0.15) is 24.2 Å². The molecule has 0 bridgehead atoms. The third-order valence-corrected chi connectivity index (χ3v) is 18.3. The maximum absolute atomic E-state index is 15.0. The minimum atomic E-state index is -0.990. The number of amides is 8. The number of anilines is 1. The molecule has 438 valence electrons. The third-order valence-electron chi connectivity index (χ3n) is 17.0. The molecule has 8 N–H and O–H groups in total. The van der Waals surface area contributed by atoms with Crippen LogP contribution in [0.1, 0.15) is 147 Å². The lowest BCUT2D eigenvalue weighted by molar-refractivity contribution is -0.145. The van der Waals surface area contributed by atoms with E-state index in [-0.39, 0.29) is 72.8 Å². The monoisotopic (exact) mass is 1140 g/mol. The Hall–Kier alpha value is -7.09. The predicted molar refractivity (Wildman–Crippen MR) is 319 cm³/mol. The van der Waals surface area contributed by atoms with Gasteiger partial charge < -0.3 is 52.3 Å². The molecule has 0 aromatic heterocycles. The SMILES string of the molecule is CN[C@@H](C)C(=O)N[C@H](C(=O)N1C[C@@H](NC(=O)c2ccc(C(=O)Nc3ccc4c(c3)CN(C(=O)[C@@H](NC(=O)[C@H](C)NC)C(C)(C)SC)[C@H](C(=O)N[C@@H]3CCCc5ccccc53)C4)cc2)C[C@H]1C(=O)NC1CCCc2ccccc21)C(C)(C)C. The number of rotatable bonds is 18. The standard InChI is InChI=1S/C63H82N10O8S/c1-36(64-8)54(74)70-52(62(3,4)5)60(80)73-35-45(33-51(73)59(79)69-49-24-16-20-39-18-12-14-22-47(39)49)67-57(77)41-27-25-40(26-28-41)56(76)66-44-30-29-42-32-50(58(78)68-48-23-15-19-38-17-11-13-21-46(38)48)72(34-43(42)31-44)61(81)53(63(6,7)82-10)71-55(75)37(2)65-9/h11-14,17-18,21-22,25-31,36-37,45,48-53,64-65H,15-16,19-20,23-24,32-35H2,1-10H3,(H,66,76)(H,67,77)(H,68,78)(H,69,79)(H,70,74)(H,71,75)/t36-,37-,45-,48+,49?,50-,51-,52+,53+/m0/s1. The Kier molecular flexibility index (Phi) is 19.3. The molecule has 1 unspecified atom stereocenters. The van der Waals surface area contributed by atoms with Crippen LogP contribution in [0.15, 0.2) is 91.0 Å². The largest absolute Gasteiger partial charge is 0.347 e. The van der Waals surface area contributed by atoms with Crippen LogP contribution in [-0.4, -0.2) is 131 Å². The van der Waals surface area contributed by atoms with Gasteiger partial charge in [-0.3, -0.25) is 38.4 Å². The van der Waals surface area contributed by atoms with Gasteiger partial charge in [-0.1, -0.05) is 75.4 Å². The second kappa shape index (κ2) is 26.0. The minimum Gasteiger partial charge on any atom is -0.347 e. The number of fused-ring (bicyclic) bond motifs is 3. The summed E-state index contributed by atoms with van der Waals surface area (Å²) in [6, 6.07) is 21.7. The van der Waals surface area contributed by atoms with Crippen molar-refractivity contribution >= 4 is 64.7 Å². The van der Waals surface area contributed by atoms with E-state index in [1.54, 1.807) is 57.1 Å². The first-order valence-corrected chi connectivity index (χ1v) is 30.0. The minimum absolute atomic E-state index is 0.0212. The molecule has 2 heterocycles. The van der Waals surface area contributed by atoms with Crippen molar-refractivity contribution in [2.24, 2.45) is 5.41 Å². The summed E-state index contributed by atoms with van der Waals surface area (Å²) >= 11 is 1.44. The number of carbonyl (C=O) groups excluding carboxylic acids is 8. The topological polar surface area (TPSA) is 239 Å². The molecule has 4 aromatic rings. The van der Waals surface area contributed by atoms with Gasteiger partial charge in [0.15, 0.2) is 0 Å². The summed E-state index contributed by atoms with van der Waals surface area (Å²) in [6.45, 7) is 12.8. The van der Waals surface area contributed by atoms with E-state index in [1.807, 2.05) is 83.3 Å². The number of nitrogens with one attached hydrogen (secondary N) is 8. The van der Waals surface area contributed by atoms with E-state index in [9.17, 15) is 33.6 Å². The maximum atomic E-state index is 15.0. The van der Waals surface area contributed by atoms with Crippen LogP contribution in [0.2, 0.25) is 0 Å². The molecule has 1 fully saturated rings. The van der Waals surface area contributed by atoms with E-state index in [4.69, 9.17) is 0 Å². The molecule has 2 aliphatic heterocycles. The number of carbonyl (C=O) groups is 8. The molecule has 9 atom stereocenters. The van der Waals surface area contributed by atoms with E-state index in [1.165, 1.54) is 39.9 Å². The Morgan fingerprint density at radius 1 is 0.585 bits per heavy atom. The molecule has 8 amide bonds. The van der Waals surface area contributed by atoms with E-state index < -0.39 is 76.1 Å². The van der Waals surface area contributed by atoms with Crippen molar-refractivity contribution in [3.8, 4) is 0 Å². The number of hydrogen-bond acceptors (Lipinski definition) is 11. The van der Waals surface area contributed by atoms with Gasteiger partial charge in [0.25, 0.3) is 11.8 Å². The first-order valence-electron chi connectivity index (χ1n) is 28.7. The van der Waals surface area contributed by atoms with Crippen LogP contribution in [0, 0.1) is 5.41 Å². The van der Waals surface area contributed by atoms with Crippen molar-refractivity contribution in [1.29, 1.82) is 0 Å². The summed E-state index contributed by atoms with van der Waals surface area (Å²) in [4.78, 5) is 116. The molecule has 0 saturated carbocycles. The Labute approximate surface area is 486 Å². The third kappa shape index (κ3) is 13.9. The average Bonchev–Trinajstić information content (AvgIpc) is 3.92. The zero-order valence-electron chi connectivity index (χ0n) is 49.0. The van der Waals surface area contributed by atoms with Crippen LogP contribution in [0.5, 0.6) is 0 Å². The number of likely N-dealkylation sites (tertiary alicyclic amines) is 1. The van der Waals surface area contributed by atoms with Gasteiger partial charge in [-0.05, 0) is 168 Å². The molecule has 2 aliphatic carbocycles. The second-order valence-electron chi connectivity index (χ2n) is 24.0. The van der Waals surface area contributed by atoms with Crippen molar-refractivity contribution in [2.45, 2.75) is 166 Å². The lowest BCUT2D eigenvalue weighted by Gasteiger charge is -2.42. The maximum Gasteiger partial charge on any atom is 0.255 e. The number of hydrogen-bond donors (Lipinski definition) is 8. The van der Waals surface area contributed by atoms with Crippen LogP contribution >= 0.6 is 11.8 Å². The summed E-state index contributed by atoms with van der Waals surface area (Å²) in [5.41, 5.74) is 6.29. The van der Waals surface area contributed by atoms with Gasteiger partial charge in [0.2, 0.25) is 35.4 Å². The first kappa shape index (κ1) is 61.0. The predicted octanol–water partition coefficient (Wildman–Crippen LogP) is 5.65. The highest BCUT2D eigenvalue weighted by Gasteiger charge is 2.47. The van der Waals surface area contributed by atoms with E-state index in [0.29, 0.717) is 5.69 Å². The average molecular weight is 1140 g/mol. The molecule has 19 heteroatoms. The molecule has 82 heavy (non-hydrogen) atoms. The normalized spacial score (nSPS) is 21.0. The van der Waals surface area contributed by atoms with Crippen LogP contribution in [-0.2, 0) is 54.6 Å². The molecule has 4 aromatic carbocycles. The molecule has 8 rings (SSSR count). The Morgan fingerprint density at radius 2 is 1.10 bits per heavy atom. The molecule has 18 nitrogen and oxygen atoms in total. The lowest BCUT2D eigenvalue weighted by atomic mass is 9.85. The highest BCUT2D eigenvalue weighted by molar-refractivity contribution is 8.00. The zero-order valence-corrected chi connectivity index (χ0v) is 49.8. The summed E-state index contributed by atoms with van der Waals surface area (Å²) in [5, 5.41) is 24.3. The number of thioether (sulfide) groups is 1. The highest BCUT2D eigenvalue weighted by atomic mass is 32.2. The van der Waals surface area contributed by atoms with Gasteiger partial charge in [-0.25, -0.2) is 0 Å². The van der Waals surface area contributed by atoms with Gasteiger partial charge in [-0.15, -0.1) is 0 Å². The summed E-state index contributed by atoms with van der Waals surface area (Å²) in [6.07, 6.45) is 7.37. The molecular weight excluding hydrogens is 1060 g/mol. The summed E-state index contributed by atoms with van der Waals surface area (Å²) in [5.74, 6) is -3.07. The molecule has 0 spiro atoms. The van der Waals surface area contributed by atoms with Crippen molar-refractivity contribution in [3.05, 3.63) is 136 Å². The Bertz CT molecular complexity index is 3050. The lowest BCUT2D eigenvalue weighted by Crippen LogP contribution is -2.63. The molecule has 0 radical (unpaired) electrons. The highest BCUT2D eigenvalue weighted by Crippen LogP contribution is 2.36. The van der Waals surface area contributed by atoms with Crippen molar-refractivity contribution < 1.29 is 38.4 Å². The Morgan fingerprint density at radius 3 is 1.63 bits per heavy atom. The van der Waals surface area contributed by atoms with Crippen molar-refractivity contribution in [1.82, 2.24) is 47.0 Å². The number of likely N-dealkylation sites (N-methyl/N-ethyl adjacent to an activating group) is 2. The zero-order chi connectivity index (χ0) is 59.2. The van der Waals surface area contributed by atoms with E-state index in [2.05, 4.69) is 54.7 Å². The molecule has 4 aliphatic rings. The van der Waals surface area contributed by atoms with Crippen molar-refractivity contribution in [2.75, 3.05) is 32.2 Å². The van der Waals surface area contributed by atoms with Gasteiger partial charge in [-0.2, -0.15) is 11.8 Å². The summed E-state index contributed by atoms with van der Waals surface area (Å²) < 4.78 is -0.764. The Balaban J connectivity index is 0.978. The molecular formula is C63H82N10O8S. The van der Waals surface area contributed by atoms with Crippen LogP contribution in [0.4, 0.5) is 5.69 Å². The van der Waals surface area contributed by atoms with Gasteiger partial charge in [0, 0.05) is 47.1 Å². The fourth-order valence-corrected chi connectivity index (χ4v) is 12.0. The van der Waals surface area contributed by atoms with Gasteiger partial charge in [0.05, 0.1) is 24.2 Å². The van der Waals surface area contributed by atoms with Crippen LogP contribution in [0.3, 0.4) is 0 Å². The smallest absolute Gasteiger partial charge is 0.255 e. The second-order valence-corrected chi connectivity index (χ2v) is 25.5. The number of benzene rings is 4. The fraction of sp³-hybridized carbons (Fsp3) is 0.492. The molecule has 1 saturated heterocycles. The summed E-state index contributed by atoms with van der Waals surface area (Å²) in [7, 11) is 3.33. The number of aryl methyl sites for hydroxylation is 2. The van der Waals surface area contributed by atoms with Gasteiger partial charge >= 0.3 is 0 Å². The quantitative estimate of drug-likeness (QED) is 0.0606. The van der Waals surface area contributed by atoms with E-state index in [0.717, 1.165) is 60.8 Å². The fourth-order valence-electron chi connectivity index (χ4n) is 11.6. The van der Waals surface area contributed by atoms with E-state index >= 15 is 4.79 Å².